The summed E-state index contributed by atoms with van der Waals surface area (Å²) < 4.78 is 0. The van der Waals surface area contributed by atoms with Gasteiger partial charge >= 0.3 is 0 Å². The van der Waals surface area contributed by atoms with Crippen LogP contribution in [0.25, 0.3) is 22.2 Å². The standard InChI is InChI=1S/C23H16N2/c1-15-10-12-17(13-11-15)24-22-18-7-3-4-8-19(18)23-20(22)14-16-6-2-5-9-21(16)25-23/h2-14H,1H3. The minimum atomic E-state index is 0.969. The third-order valence-electron chi connectivity index (χ3n) is 4.69. The molecule has 0 saturated heterocycles. The van der Waals surface area contributed by atoms with E-state index in [1.54, 1.807) is 0 Å². The molecule has 1 aliphatic carbocycles. The van der Waals surface area contributed by atoms with E-state index >= 15 is 0 Å². The van der Waals surface area contributed by atoms with Crippen molar-refractivity contribution in [1.82, 2.24) is 4.98 Å². The predicted molar refractivity (Wildman–Crippen MR) is 104 cm³/mol. The second-order valence-corrected chi connectivity index (χ2v) is 6.42. The molecule has 0 radical (unpaired) electrons. The van der Waals surface area contributed by atoms with E-state index in [0.717, 1.165) is 44.7 Å². The molecule has 25 heavy (non-hydrogen) atoms. The Morgan fingerprint density at radius 3 is 2.28 bits per heavy atom. The Bertz CT molecular complexity index is 1140. The zero-order valence-electron chi connectivity index (χ0n) is 13.9. The van der Waals surface area contributed by atoms with Gasteiger partial charge in [0.1, 0.15) is 0 Å². The van der Waals surface area contributed by atoms with Gasteiger partial charge in [0.2, 0.25) is 0 Å². The highest BCUT2D eigenvalue weighted by Crippen LogP contribution is 2.38. The molecule has 2 nitrogen and oxygen atoms in total. The number of aliphatic imine (C=N–C) groups is 1. The molecule has 1 aliphatic rings. The SMILES string of the molecule is Cc1ccc(N=C2c3ccccc3-c3nc4ccccc4cc32)cc1. The van der Waals surface area contributed by atoms with Gasteiger partial charge in [-0.25, -0.2) is 9.98 Å². The summed E-state index contributed by atoms with van der Waals surface area (Å²) in [5, 5.41) is 1.14. The van der Waals surface area contributed by atoms with Crippen molar-refractivity contribution in [3.05, 3.63) is 95.6 Å². The van der Waals surface area contributed by atoms with Crippen LogP contribution in [0.4, 0.5) is 5.69 Å². The van der Waals surface area contributed by atoms with E-state index in [2.05, 4.69) is 79.7 Å². The normalized spacial score (nSPS) is 13.9. The number of benzene rings is 3. The lowest BCUT2D eigenvalue weighted by Gasteiger charge is -2.04. The van der Waals surface area contributed by atoms with Gasteiger partial charge in [-0.1, -0.05) is 60.2 Å². The van der Waals surface area contributed by atoms with E-state index in [1.807, 2.05) is 6.07 Å². The Morgan fingerprint density at radius 2 is 1.44 bits per heavy atom. The molecule has 3 aromatic carbocycles. The Kier molecular flexibility index (Phi) is 3.04. The van der Waals surface area contributed by atoms with Crippen LogP contribution >= 0.6 is 0 Å². The zero-order valence-corrected chi connectivity index (χ0v) is 13.9. The number of para-hydroxylation sites is 1. The molecule has 0 spiro atoms. The molecular weight excluding hydrogens is 304 g/mol. The second-order valence-electron chi connectivity index (χ2n) is 6.42. The van der Waals surface area contributed by atoms with Crippen molar-refractivity contribution in [3.63, 3.8) is 0 Å². The van der Waals surface area contributed by atoms with Crippen LogP contribution in [0.15, 0.2) is 83.9 Å². The van der Waals surface area contributed by atoms with Crippen LogP contribution in [-0.4, -0.2) is 10.7 Å². The second kappa shape index (κ2) is 5.38. The molecule has 4 aromatic rings. The van der Waals surface area contributed by atoms with Gasteiger partial charge in [0, 0.05) is 22.1 Å². The number of nitrogens with zero attached hydrogens (tertiary/aromatic N) is 2. The first-order valence-corrected chi connectivity index (χ1v) is 8.45. The van der Waals surface area contributed by atoms with Crippen LogP contribution < -0.4 is 0 Å². The number of aryl methyl sites for hydroxylation is 1. The molecule has 0 unspecified atom stereocenters. The Labute approximate surface area is 146 Å². The third-order valence-corrected chi connectivity index (χ3v) is 4.69. The lowest BCUT2D eigenvalue weighted by atomic mass is 10.1. The van der Waals surface area contributed by atoms with Crippen LogP contribution in [0.1, 0.15) is 16.7 Å². The highest BCUT2D eigenvalue weighted by atomic mass is 14.8. The first-order valence-electron chi connectivity index (χ1n) is 8.45. The van der Waals surface area contributed by atoms with E-state index in [0.29, 0.717) is 0 Å². The molecular formula is C23H16N2. The molecule has 1 aromatic heterocycles. The van der Waals surface area contributed by atoms with E-state index in [-0.39, 0.29) is 0 Å². The summed E-state index contributed by atoms with van der Waals surface area (Å²) in [4.78, 5) is 9.89. The fourth-order valence-corrected chi connectivity index (χ4v) is 3.41. The van der Waals surface area contributed by atoms with Crippen LogP contribution in [0.5, 0.6) is 0 Å². The van der Waals surface area contributed by atoms with Crippen molar-refractivity contribution < 1.29 is 0 Å². The summed E-state index contributed by atoms with van der Waals surface area (Å²) in [5.41, 5.74) is 8.69. The monoisotopic (exact) mass is 320 g/mol. The number of rotatable bonds is 1. The van der Waals surface area contributed by atoms with Gasteiger partial charge in [-0.15, -0.1) is 0 Å². The number of pyridine rings is 1. The smallest absolute Gasteiger partial charge is 0.0810 e. The molecule has 118 valence electrons. The molecule has 1 heterocycles. The Morgan fingerprint density at radius 1 is 0.720 bits per heavy atom. The Balaban J connectivity index is 1.80. The highest BCUT2D eigenvalue weighted by molar-refractivity contribution is 6.25. The van der Waals surface area contributed by atoms with E-state index in [1.165, 1.54) is 5.56 Å². The fraction of sp³-hybridized carbons (Fsp3) is 0.0435. The minimum Gasteiger partial charge on any atom is -0.248 e. The zero-order chi connectivity index (χ0) is 16.8. The first kappa shape index (κ1) is 14.1. The molecule has 0 N–H and O–H groups in total. The molecule has 0 aliphatic heterocycles. The molecule has 0 atom stereocenters. The summed E-state index contributed by atoms with van der Waals surface area (Å²) in [6.45, 7) is 2.09. The van der Waals surface area contributed by atoms with E-state index < -0.39 is 0 Å². The van der Waals surface area contributed by atoms with Crippen LogP contribution in [0.2, 0.25) is 0 Å². The van der Waals surface area contributed by atoms with Gasteiger partial charge in [0.25, 0.3) is 0 Å². The fourth-order valence-electron chi connectivity index (χ4n) is 3.41. The van der Waals surface area contributed by atoms with E-state index in [4.69, 9.17) is 9.98 Å². The van der Waals surface area contributed by atoms with Crippen molar-refractivity contribution in [2.45, 2.75) is 6.92 Å². The molecule has 2 heteroatoms. The van der Waals surface area contributed by atoms with E-state index in [9.17, 15) is 0 Å². The highest BCUT2D eigenvalue weighted by Gasteiger charge is 2.26. The molecule has 5 rings (SSSR count). The van der Waals surface area contributed by atoms with Gasteiger partial charge in [-0.05, 0) is 31.2 Å². The largest absolute Gasteiger partial charge is 0.248 e. The summed E-state index contributed by atoms with van der Waals surface area (Å²) in [6.07, 6.45) is 0. The van der Waals surface area contributed by atoms with Crippen molar-refractivity contribution >= 4 is 22.3 Å². The summed E-state index contributed by atoms with van der Waals surface area (Å²) in [5.74, 6) is 0. The van der Waals surface area contributed by atoms with Gasteiger partial charge in [-0.3, -0.25) is 0 Å². The van der Waals surface area contributed by atoms with Crippen LogP contribution in [0, 0.1) is 6.92 Å². The van der Waals surface area contributed by atoms with Gasteiger partial charge in [0.05, 0.1) is 22.6 Å². The molecule has 0 fully saturated rings. The number of fused-ring (bicyclic) bond motifs is 4. The van der Waals surface area contributed by atoms with Crippen molar-refractivity contribution in [2.24, 2.45) is 4.99 Å². The predicted octanol–water partition coefficient (Wildman–Crippen LogP) is 5.69. The first-order chi connectivity index (χ1) is 12.3. The molecule has 0 saturated carbocycles. The molecule has 0 bridgehead atoms. The summed E-state index contributed by atoms with van der Waals surface area (Å²) >= 11 is 0. The number of hydrogen-bond donors (Lipinski definition) is 0. The number of aromatic nitrogens is 1. The van der Waals surface area contributed by atoms with Gasteiger partial charge in [0.15, 0.2) is 0 Å². The Hall–Kier alpha value is -3.26. The van der Waals surface area contributed by atoms with Gasteiger partial charge < -0.3 is 0 Å². The van der Waals surface area contributed by atoms with Crippen molar-refractivity contribution in [1.29, 1.82) is 0 Å². The maximum Gasteiger partial charge on any atom is 0.0810 e. The number of hydrogen-bond acceptors (Lipinski definition) is 2. The average molecular weight is 320 g/mol. The maximum absolute atomic E-state index is 4.97. The van der Waals surface area contributed by atoms with Crippen molar-refractivity contribution in [2.75, 3.05) is 0 Å². The lowest BCUT2D eigenvalue weighted by molar-refractivity contribution is 1.40. The van der Waals surface area contributed by atoms with Gasteiger partial charge in [-0.2, -0.15) is 0 Å². The quantitative estimate of drug-likeness (QED) is 0.389. The summed E-state index contributed by atoms with van der Waals surface area (Å²) in [7, 11) is 0. The van der Waals surface area contributed by atoms with Crippen molar-refractivity contribution in [3.8, 4) is 11.3 Å². The third kappa shape index (κ3) is 2.26. The topological polar surface area (TPSA) is 25.2 Å². The lowest BCUT2D eigenvalue weighted by Crippen LogP contribution is -1.98. The van der Waals surface area contributed by atoms with Crippen LogP contribution in [-0.2, 0) is 0 Å². The maximum atomic E-state index is 4.97. The van der Waals surface area contributed by atoms with Crippen LogP contribution in [0.3, 0.4) is 0 Å². The molecule has 0 amide bonds. The average Bonchev–Trinajstić information content (AvgIpc) is 2.95. The minimum absolute atomic E-state index is 0.969. The summed E-state index contributed by atoms with van der Waals surface area (Å²) in [6, 6.07) is 27.2.